The fourth-order valence-electron chi connectivity index (χ4n) is 2.59. The normalized spacial score (nSPS) is 14.0. The number of allylic oxidation sites excluding steroid dienone is 4. The molecule has 0 unspecified atom stereocenters. The summed E-state index contributed by atoms with van der Waals surface area (Å²) in [7, 11) is 0. The molecule has 3 aromatic heterocycles. The summed E-state index contributed by atoms with van der Waals surface area (Å²) in [5, 5.41) is 4.14. The predicted octanol–water partition coefficient (Wildman–Crippen LogP) is 4.78. The molecule has 5 heteroatoms. The zero-order valence-corrected chi connectivity index (χ0v) is 13.2. The number of nitrogen functional groups attached to an aromatic ring is 1. The van der Waals surface area contributed by atoms with Gasteiger partial charge >= 0.3 is 0 Å². The molecule has 4 nitrogen and oxygen atoms in total. The van der Waals surface area contributed by atoms with Crippen LogP contribution in [0.15, 0.2) is 57.9 Å². The minimum Gasteiger partial charge on any atom is -0.420 e. The molecule has 2 N–H and O–H groups in total. The van der Waals surface area contributed by atoms with E-state index in [-0.39, 0.29) is 0 Å². The van der Waals surface area contributed by atoms with Gasteiger partial charge in [0.05, 0.1) is 5.56 Å². The molecule has 0 saturated heterocycles. The lowest BCUT2D eigenvalue weighted by Gasteiger charge is -2.03. The Balaban J connectivity index is 1.73. The van der Waals surface area contributed by atoms with Crippen LogP contribution in [0.1, 0.15) is 18.5 Å². The van der Waals surface area contributed by atoms with Crippen molar-refractivity contribution in [2.45, 2.75) is 12.8 Å². The maximum atomic E-state index is 6.02. The summed E-state index contributed by atoms with van der Waals surface area (Å²) in [5.41, 5.74) is 10.8. The van der Waals surface area contributed by atoms with Crippen LogP contribution in [0.25, 0.3) is 28.2 Å². The molecule has 3 aromatic rings. The van der Waals surface area contributed by atoms with Gasteiger partial charge in [0.2, 0.25) is 11.8 Å². The molecule has 0 spiro atoms. The number of pyridine rings is 1. The van der Waals surface area contributed by atoms with Crippen molar-refractivity contribution in [1.29, 1.82) is 0 Å². The van der Waals surface area contributed by atoms with Gasteiger partial charge in [-0.15, -0.1) is 0 Å². The van der Waals surface area contributed by atoms with E-state index in [1.54, 1.807) is 17.5 Å². The van der Waals surface area contributed by atoms with Gasteiger partial charge in [0.15, 0.2) is 0 Å². The number of hydrogen-bond acceptors (Lipinski definition) is 5. The highest BCUT2D eigenvalue weighted by atomic mass is 32.1. The molecule has 0 radical (unpaired) electrons. The van der Waals surface area contributed by atoms with Crippen molar-refractivity contribution in [3.8, 4) is 22.6 Å². The molecule has 0 fully saturated rings. The number of thiophene rings is 1. The third-order valence-electron chi connectivity index (χ3n) is 3.76. The zero-order chi connectivity index (χ0) is 15.6. The van der Waals surface area contributed by atoms with Crippen molar-refractivity contribution >= 4 is 22.8 Å². The molecule has 4 rings (SSSR count). The number of nitrogens with two attached hydrogens (primary N) is 1. The lowest BCUT2D eigenvalue weighted by molar-refractivity contribution is 0.593. The SMILES string of the molecule is Nc1oc(-c2cncc(-c3ccsc3)c2)nc1C1=CCCC=C1. The quantitative estimate of drug-likeness (QED) is 0.754. The first kappa shape index (κ1) is 14.0. The number of nitrogens with zero attached hydrogens (tertiary/aromatic N) is 2. The number of rotatable bonds is 3. The number of oxazole rings is 1. The number of anilines is 1. The highest BCUT2D eigenvalue weighted by Crippen LogP contribution is 2.32. The standard InChI is InChI=1S/C18H15N3OS/c19-17-16(12-4-2-1-3-5-12)21-18(22-17)15-8-14(9-20-10-15)13-6-7-23-11-13/h2,4-11H,1,3,19H2. The zero-order valence-electron chi connectivity index (χ0n) is 12.4. The van der Waals surface area contributed by atoms with E-state index in [1.807, 2.05) is 23.7 Å². The Kier molecular flexibility index (Phi) is 3.55. The van der Waals surface area contributed by atoms with Gasteiger partial charge < -0.3 is 10.2 Å². The molecule has 23 heavy (non-hydrogen) atoms. The van der Waals surface area contributed by atoms with Crippen molar-refractivity contribution in [3.63, 3.8) is 0 Å². The first-order valence-corrected chi connectivity index (χ1v) is 8.37. The minimum atomic E-state index is 0.346. The Hall–Kier alpha value is -2.66. The average Bonchev–Trinajstić information content (AvgIpc) is 3.25. The van der Waals surface area contributed by atoms with Crippen molar-refractivity contribution in [2.75, 3.05) is 5.73 Å². The van der Waals surface area contributed by atoms with Crippen molar-refractivity contribution < 1.29 is 4.42 Å². The Morgan fingerprint density at radius 2 is 2.04 bits per heavy atom. The van der Waals surface area contributed by atoms with Crippen molar-refractivity contribution in [1.82, 2.24) is 9.97 Å². The molecular weight excluding hydrogens is 306 g/mol. The van der Waals surface area contributed by atoms with E-state index in [1.165, 1.54) is 0 Å². The van der Waals surface area contributed by atoms with Crippen LogP contribution in [0.5, 0.6) is 0 Å². The molecule has 0 saturated carbocycles. The third-order valence-corrected chi connectivity index (χ3v) is 4.44. The first-order chi connectivity index (χ1) is 11.3. The van der Waals surface area contributed by atoms with Crippen LogP contribution in [-0.2, 0) is 0 Å². The molecule has 114 valence electrons. The van der Waals surface area contributed by atoms with E-state index in [9.17, 15) is 0 Å². The maximum Gasteiger partial charge on any atom is 0.230 e. The van der Waals surface area contributed by atoms with Crippen LogP contribution in [0.3, 0.4) is 0 Å². The van der Waals surface area contributed by atoms with Gasteiger partial charge in [0, 0.05) is 23.5 Å². The van der Waals surface area contributed by atoms with Crippen LogP contribution >= 0.6 is 11.3 Å². The van der Waals surface area contributed by atoms with E-state index in [4.69, 9.17) is 10.2 Å². The Morgan fingerprint density at radius 3 is 2.83 bits per heavy atom. The van der Waals surface area contributed by atoms with Gasteiger partial charge in [-0.3, -0.25) is 4.98 Å². The van der Waals surface area contributed by atoms with Gasteiger partial charge in [0.1, 0.15) is 5.69 Å². The molecular formula is C18H15N3OS. The third kappa shape index (κ3) is 2.71. The lowest BCUT2D eigenvalue weighted by Crippen LogP contribution is -1.92. The summed E-state index contributed by atoms with van der Waals surface area (Å²) in [6, 6.07) is 4.09. The van der Waals surface area contributed by atoms with Gasteiger partial charge in [-0.05, 0) is 41.3 Å². The van der Waals surface area contributed by atoms with Crippen LogP contribution in [0.2, 0.25) is 0 Å². The summed E-state index contributed by atoms with van der Waals surface area (Å²) < 4.78 is 5.68. The smallest absolute Gasteiger partial charge is 0.230 e. The van der Waals surface area contributed by atoms with Crippen LogP contribution < -0.4 is 5.73 Å². The summed E-state index contributed by atoms with van der Waals surface area (Å²) in [5.74, 6) is 0.848. The van der Waals surface area contributed by atoms with E-state index >= 15 is 0 Å². The molecule has 0 aromatic carbocycles. The monoisotopic (exact) mass is 321 g/mol. The second-order valence-electron chi connectivity index (χ2n) is 5.35. The van der Waals surface area contributed by atoms with Crippen LogP contribution in [-0.4, -0.2) is 9.97 Å². The van der Waals surface area contributed by atoms with Gasteiger partial charge in [0.25, 0.3) is 0 Å². The van der Waals surface area contributed by atoms with E-state index in [0.717, 1.165) is 35.1 Å². The van der Waals surface area contributed by atoms with E-state index in [2.05, 4.69) is 33.6 Å². The molecule has 1 aliphatic carbocycles. The number of aromatic nitrogens is 2. The van der Waals surface area contributed by atoms with E-state index in [0.29, 0.717) is 17.5 Å². The second-order valence-corrected chi connectivity index (χ2v) is 6.13. The Bertz CT molecular complexity index is 891. The average molecular weight is 321 g/mol. The molecule has 1 aliphatic rings. The highest BCUT2D eigenvalue weighted by molar-refractivity contribution is 7.08. The lowest BCUT2D eigenvalue weighted by atomic mass is 10.0. The minimum absolute atomic E-state index is 0.346. The van der Waals surface area contributed by atoms with Crippen molar-refractivity contribution in [2.24, 2.45) is 0 Å². The van der Waals surface area contributed by atoms with Crippen LogP contribution in [0.4, 0.5) is 5.88 Å². The largest absolute Gasteiger partial charge is 0.420 e. The number of hydrogen-bond donors (Lipinski definition) is 1. The fraction of sp³-hybridized carbons (Fsp3) is 0.111. The Labute approximate surface area is 138 Å². The summed E-state index contributed by atoms with van der Waals surface area (Å²) in [4.78, 5) is 8.88. The van der Waals surface area contributed by atoms with Crippen molar-refractivity contribution in [3.05, 3.63) is 59.2 Å². The molecule has 3 heterocycles. The van der Waals surface area contributed by atoms with E-state index < -0.39 is 0 Å². The predicted molar refractivity (Wildman–Crippen MR) is 93.8 cm³/mol. The van der Waals surface area contributed by atoms with Crippen LogP contribution in [0, 0.1) is 0 Å². The summed E-state index contributed by atoms with van der Waals surface area (Å²) in [6.45, 7) is 0. The molecule has 0 bridgehead atoms. The second kappa shape index (κ2) is 5.85. The molecule has 0 atom stereocenters. The topological polar surface area (TPSA) is 64.9 Å². The summed E-state index contributed by atoms with van der Waals surface area (Å²) in [6.07, 6.45) is 12.0. The summed E-state index contributed by atoms with van der Waals surface area (Å²) >= 11 is 1.66. The Morgan fingerprint density at radius 1 is 1.13 bits per heavy atom. The molecule has 0 aliphatic heterocycles. The van der Waals surface area contributed by atoms with Gasteiger partial charge in [-0.1, -0.05) is 18.2 Å². The maximum absolute atomic E-state index is 6.02. The van der Waals surface area contributed by atoms with Gasteiger partial charge in [-0.2, -0.15) is 11.3 Å². The first-order valence-electron chi connectivity index (χ1n) is 7.42. The molecule has 0 amide bonds. The van der Waals surface area contributed by atoms with Gasteiger partial charge in [-0.25, -0.2) is 4.98 Å². The highest BCUT2D eigenvalue weighted by Gasteiger charge is 2.16. The fourth-order valence-corrected chi connectivity index (χ4v) is 3.26.